The maximum atomic E-state index is 12.1. The molecule has 0 aliphatic carbocycles. The molecule has 4 rings (SSSR count). The number of nitrogens with one attached hydrogen (secondary N) is 1. The molecule has 1 aliphatic rings. The second-order valence-electron chi connectivity index (χ2n) is 7.48. The number of aromatic nitrogens is 1. The van der Waals surface area contributed by atoms with Crippen LogP contribution < -0.4 is 5.73 Å². The van der Waals surface area contributed by atoms with Gasteiger partial charge in [-0.15, -0.1) is 0 Å². The third kappa shape index (κ3) is 3.60. The van der Waals surface area contributed by atoms with Crippen molar-refractivity contribution in [3.8, 4) is 11.1 Å². The van der Waals surface area contributed by atoms with E-state index >= 15 is 0 Å². The van der Waals surface area contributed by atoms with Crippen molar-refractivity contribution in [1.29, 1.82) is 0 Å². The van der Waals surface area contributed by atoms with Crippen LogP contribution in [0.2, 0.25) is 0 Å². The Hall–Kier alpha value is -2.15. The Morgan fingerprint density at radius 3 is 2.39 bits per heavy atom. The summed E-state index contributed by atoms with van der Waals surface area (Å²) in [6, 6.07) is 14.9. The number of nitrogens with two attached hydrogens (primary N) is 1. The van der Waals surface area contributed by atoms with Crippen LogP contribution in [0, 0.1) is 0 Å². The van der Waals surface area contributed by atoms with Gasteiger partial charge in [0.2, 0.25) is 10.0 Å². The Kier molecular flexibility index (Phi) is 5.27. The first-order valence-corrected chi connectivity index (χ1v) is 11.5. The number of nitrogens with zero attached hydrogens (tertiary/aromatic N) is 1. The Balaban J connectivity index is 1.60. The molecule has 0 amide bonds. The van der Waals surface area contributed by atoms with Crippen molar-refractivity contribution in [2.45, 2.75) is 32.2 Å². The zero-order chi connectivity index (χ0) is 19.7. The SMILES string of the molecule is CCS(=O)(=O)N1CCC(c2c[nH]c3ccc(-c4ccc(CN)cc4)cc23)CC1. The zero-order valence-electron chi connectivity index (χ0n) is 16.2. The quantitative estimate of drug-likeness (QED) is 0.687. The van der Waals surface area contributed by atoms with E-state index in [2.05, 4.69) is 53.6 Å². The molecule has 0 spiro atoms. The van der Waals surface area contributed by atoms with Gasteiger partial charge >= 0.3 is 0 Å². The molecule has 28 heavy (non-hydrogen) atoms. The van der Waals surface area contributed by atoms with Crippen molar-refractivity contribution in [2.24, 2.45) is 5.73 Å². The van der Waals surface area contributed by atoms with E-state index in [1.165, 1.54) is 22.1 Å². The molecule has 1 saturated heterocycles. The number of hydrogen-bond acceptors (Lipinski definition) is 3. The third-order valence-corrected chi connectivity index (χ3v) is 7.77. The summed E-state index contributed by atoms with van der Waals surface area (Å²) in [5, 5.41) is 1.23. The number of hydrogen-bond donors (Lipinski definition) is 2. The first kappa shape index (κ1) is 19.2. The lowest BCUT2D eigenvalue weighted by molar-refractivity contribution is 0.321. The van der Waals surface area contributed by atoms with Gasteiger partial charge in [0.15, 0.2) is 0 Å². The van der Waals surface area contributed by atoms with E-state index in [4.69, 9.17) is 5.73 Å². The Bertz CT molecular complexity index is 1060. The smallest absolute Gasteiger partial charge is 0.213 e. The van der Waals surface area contributed by atoms with Gasteiger partial charge in [0.1, 0.15) is 0 Å². The lowest BCUT2D eigenvalue weighted by Gasteiger charge is -2.30. The van der Waals surface area contributed by atoms with Crippen LogP contribution in [0.25, 0.3) is 22.0 Å². The Labute approximate surface area is 166 Å². The average molecular weight is 398 g/mol. The monoisotopic (exact) mass is 397 g/mol. The Morgan fingerprint density at radius 2 is 1.75 bits per heavy atom. The maximum absolute atomic E-state index is 12.1. The van der Waals surface area contributed by atoms with Gasteiger partial charge in [-0.25, -0.2) is 12.7 Å². The lowest BCUT2D eigenvalue weighted by atomic mass is 9.89. The van der Waals surface area contributed by atoms with E-state index in [0.717, 1.165) is 23.9 Å². The second kappa shape index (κ2) is 7.70. The fourth-order valence-corrected chi connectivity index (χ4v) is 5.25. The lowest BCUT2D eigenvalue weighted by Crippen LogP contribution is -2.38. The highest BCUT2D eigenvalue weighted by molar-refractivity contribution is 7.89. The molecule has 0 atom stereocenters. The largest absolute Gasteiger partial charge is 0.361 e. The van der Waals surface area contributed by atoms with Crippen LogP contribution >= 0.6 is 0 Å². The van der Waals surface area contributed by atoms with Crippen LogP contribution in [0.3, 0.4) is 0 Å². The van der Waals surface area contributed by atoms with Crippen LogP contribution in [-0.4, -0.2) is 36.5 Å². The molecule has 148 valence electrons. The minimum atomic E-state index is -3.09. The van der Waals surface area contributed by atoms with Gasteiger partial charge in [0, 0.05) is 36.7 Å². The van der Waals surface area contributed by atoms with Crippen molar-refractivity contribution >= 4 is 20.9 Å². The van der Waals surface area contributed by atoms with Gasteiger partial charge in [-0.1, -0.05) is 30.3 Å². The highest BCUT2D eigenvalue weighted by Gasteiger charge is 2.28. The summed E-state index contributed by atoms with van der Waals surface area (Å²) in [4.78, 5) is 3.39. The fourth-order valence-electron chi connectivity index (χ4n) is 4.12. The summed E-state index contributed by atoms with van der Waals surface area (Å²) in [5.41, 5.74) is 11.6. The van der Waals surface area contributed by atoms with Gasteiger partial charge in [-0.2, -0.15) is 0 Å². The molecule has 1 fully saturated rings. The van der Waals surface area contributed by atoms with Gasteiger partial charge < -0.3 is 10.7 Å². The number of H-pyrrole nitrogens is 1. The molecule has 3 aromatic rings. The second-order valence-corrected chi connectivity index (χ2v) is 9.74. The van der Waals surface area contributed by atoms with Crippen molar-refractivity contribution in [3.63, 3.8) is 0 Å². The van der Waals surface area contributed by atoms with Crippen LogP contribution in [-0.2, 0) is 16.6 Å². The van der Waals surface area contributed by atoms with E-state index in [0.29, 0.717) is 25.6 Å². The topological polar surface area (TPSA) is 79.2 Å². The van der Waals surface area contributed by atoms with E-state index < -0.39 is 10.0 Å². The van der Waals surface area contributed by atoms with Crippen LogP contribution in [0.4, 0.5) is 0 Å². The third-order valence-electron chi connectivity index (χ3n) is 5.89. The molecule has 2 aromatic carbocycles. The summed E-state index contributed by atoms with van der Waals surface area (Å²) >= 11 is 0. The first-order valence-electron chi connectivity index (χ1n) is 9.90. The van der Waals surface area contributed by atoms with Gasteiger partial charge in [0.25, 0.3) is 0 Å². The normalized spacial score (nSPS) is 16.6. The molecular weight excluding hydrogens is 370 g/mol. The predicted octanol–water partition coefficient (Wildman–Crippen LogP) is 3.82. The number of benzene rings is 2. The van der Waals surface area contributed by atoms with E-state index in [1.807, 2.05) is 0 Å². The number of rotatable bonds is 5. The van der Waals surface area contributed by atoms with E-state index in [-0.39, 0.29) is 5.75 Å². The summed E-state index contributed by atoms with van der Waals surface area (Å²) in [5.74, 6) is 0.559. The number of piperidine rings is 1. The van der Waals surface area contributed by atoms with Crippen LogP contribution in [0.15, 0.2) is 48.7 Å². The van der Waals surface area contributed by atoms with Gasteiger partial charge in [-0.3, -0.25) is 0 Å². The molecule has 0 bridgehead atoms. The predicted molar refractivity (Wildman–Crippen MR) is 115 cm³/mol. The van der Waals surface area contributed by atoms with Crippen LogP contribution in [0.5, 0.6) is 0 Å². The maximum Gasteiger partial charge on any atom is 0.213 e. The van der Waals surface area contributed by atoms with Gasteiger partial charge in [-0.05, 0) is 60.1 Å². The summed E-state index contributed by atoms with van der Waals surface area (Å²) in [7, 11) is -3.09. The molecule has 0 unspecified atom stereocenters. The van der Waals surface area contributed by atoms with Gasteiger partial charge in [0.05, 0.1) is 5.75 Å². The fraction of sp³-hybridized carbons (Fsp3) is 0.364. The molecule has 6 heteroatoms. The summed E-state index contributed by atoms with van der Waals surface area (Å²) in [6.07, 6.45) is 3.82. The van der Waals surface area contributed by atoms with Crippen molar-refractivity contribution in [3.05, 3.63) is 59.8 Å². The number of fused-ring (bicyclic) bond motifs is 1. The van der Waals surface area contributed by atoms with E-state index in [1.54, 1.807) is 11.2 Å². The van der Waals surface area contributed by atoms with Crippen molar-refractivity contribution in [2.75, 3.05) is 18.8 Å². The van der Waals surface area contributed by atoms with E-state index in [9.17, 15) is 8.42 Å². The standard InChI is InChI=1S/C22H27N3O2S/c1-2-28(26,27)25-11-9-18(10-12-25)21-15-24-22-8-7-19(13-20(21)22)17-5-3-16(14-23)4-6-17/h3-8,13,15,18,24H,2,9-12,14,23H2,1H3. The highest BCUT2D eigenvalue weighted by atomic mass is 32.2. The molecule has 0 radical (unpaired) electrons. The summed E-state index contributed by atoms with van der Waals surface area (Å²) < 4.78 is 25.9. The highest BCUT2D eigenvalue weighted by Crippen LogP contribution is 2.35. The average Bonchev–Trinajstić information content (AvgIpc) is 3.17. The minimum absolute atomic E-state index is 0.178. The Morgan fingerprint density at radius 1 is 1.07 bits per heavy atom. The van der Waals surface area contributed by atoms with Crippen LogP contribution in [0.1, 0.15) is 36.8 Å². The molecule has 5 nitrogen and oxygen atoms in total. The summed E-state index contributed by atoms with van der Waals surface area (Å²) in [6.45, 7) is 3.47. The molecule has 3 N–H and O–H groups in total. The number of aromatic amines is 1. The first-order chi connectivity index (χ1) is 13.5. The molecular formula is C22H27N3O2S. The number of sulfonamides is 1. The molecule has 2 heterocycles. The zero-order valence-corrected chi connectivity index (χ0v) is 17.0. The molecule has 0 saturated carbocycles. The molecule has 1 aromatic heterocycles. The minimum Gasteiger partial charge on any atom is -0.361 e. The van der Waals surface area contributed by atoms with Crippen molar-refractivity contribution < 1.29 is 8.42 Å². The van der Waals surface area contributed by atoms with Crippen molar-refractivity contribution in [1.82, 2.24) is 9.29 Å². The molecule has 1 aliphatic heterocycles.